The number of nitro benzene ring substituents is 1. The van der Waals surface area contributed by atoms with E-state index < -0.39 is 22.8 Å². The highest BCUT2D eigenvalue weighted by Crippen LogP contribution is 2.29. The van der Waals surface area contributed by atoms with E-state index in [4.69, 9.17) is 4.74 Å². The maximum Gasteiger partial charge on any atom is 0.335 e. The minimum absolute atomic E-state index is 0.0145. The molecule has 0 radical (unpaired) electrons. The molecular formula is C24H16BrN3O7. The van der Waals surface area contributed by atoms with Gasteiger partial charge in [0.05, 0.1) is 15.1 Å². The predicted octanol–water partition coefficient (Wildman–Crippen LogP) is 4.31. The number of carbonyl (C=O) groups excluding carboxylic acids is 3. The summed E-state index contributed by atoms with van der Waals surface area (Å²) in [6.45, 7) is 0.168. The van der Waals surface area contributed by atoms with Crippen molar-refractivity contribution in [3.05, 3.63) is 98.0 Å². The number of aromatic hydroxyl groups is 1. The van der Waals surface area contributed by atoms with E-state index in [9.17, 15) is 29.6 Å². The molecule has 3 aromatic carbocycles. The smallest absolute Gasteiger partial charge is 0.335 e. The summed E-state index contributed by atoms with van der Waals surface area (Å²) in [5.41, 5.74) is 1.17. The first-order chi connectivity index (χ1) is 16.7. The number of rotatable bonds is 6. The lowest BCUT2D eigenvalue weighted by Gasteiger charge is -2.26. The first-order valence-corrected chi connectivity index (χ1v) is 10.9. The molecular weight excluding hydrogens is 522 g/mol. The molecule has 0 saturated carbocycles. The standard InChI is InChI=1S/C24H16BrN3O7/c25-20-12-15(3-10-21(20)35-13-14-1-4-17(5-2-14)28(33)34)11-19-22(30)26-24(32)27(23(19)31)16-6-8-18(29)9-7-16/h1-12,29H,13H2,(H,26,30,32)/b19-11+. The molecule has 2 N–H and O–H groups in total. The van der Waals surface area contributed by atoms with Crippen molar-refractivity contribution in [3.63, 3.8) is 0 Å². The second-order valence-electron chi connectivity index (χ2n) is 7.38. The van der Waals surface area contributed by atoms with E-state index in [0.717, 1.165) is 10.5 Å². The van der Waals surface area contributed by atoms with Gasteiger partial charge in [-0.2, -0.15) is 0 Å². The van der Waals surface area contributed by atoms with Crippen LogP contribution in [0.3, 0.4) is 0 Å². The van der Waals surface area contributed by atoms with Crippen LogP contribution in [0.1, 0.15) is 11.1 Å². The quantitative estimate of drug-likeness (QED) is 0.206. The van der Waals surface area contributed by atoms with Crippen LogP contribution in [0.5, 0.6) is 11.5 Å². The minimum Gasteiger partial charge on any atom is -0.508 e. The molecule has 0 spiro atoms. The van der Waals surface area contributed by atoms with E-state index in [0.29, 0.717) is 15.8 Å². The second kappa shape index (κ2) is 9.77. The van der Waals surface area contributed by atoms with Gasteiger partial charge in [-0.15, -0.1) is 0 Å². The fourth-order valence-electron chi connectivity index (χ4n) is 3.26. The number of benzene rings is 3. The topological polar surface area (TPSA) is 139 Å². The fraction of sp³-hybridized carbons (Fsp3) is 0.0417. The zero-order valence-corrected chi connectivity index (χ0v) is 19.4. The molecule has 11 heteroatoms. The summed E-state index contributed by atoms with van der Waals surface area (Å²) >= 11 is 3.39. The van der Waals surface area contributed by atoms with Gasteiger partial charge >= 0.3 is 6.03 Å². The lowest BCUT2D eigenvalue weighted by atomic mass is 10.1. The molecule has 35 heavy (non-hydrogen) atoms. The number of anilines is 1. The number of nitrogens with zero attached hydrogens (tertiary/aromatic N) is 2. The van der Waals surface area contributed by atoms with Gasteiger partial charge in [-0.1, -0.05) is 6.07 Å². The third kappa shape index (κ3) is 5.20. The molecule has 0 aliphatic carbocycles. The molecule has 0 atom stereocenters. The van der Waals surface area contributed by atoms with Crippen LogP contribution < -0.4 is 15.0 Å². The Balaban J connectivity index is 1.52. The Morgan fingerprint density at radius 3 is 2.34 bits per heavy atom. The zero-order valence-electron chi connectivity index (χ0n) is 17.8. The summed E-state index contributed by atoms with van der Waals surface area (Å²) in [6, 6.07) is 15.4. The van der Waals surface area contributed by atoms with Gasteiger partial charge in [0.25, 0.3) is 17.5 Å². The van der Waals surface area contributed by atoms with Crippen LogP contribution in [0.4, 0.5) is 16.2 Å². The van der Waals surface area contributed by atoms with E-state index in [1.807, 2.05) is 0 Å². The molecule has 4 rings (SSSR count). The largest absolute Gasteiger partial charge is 0.508 e. The van der Waals surface area contributed by atoms with E-state index in [1.54, 1.807) is 30.3 Å². The van der Waals surface area contributed by atoms with Crippen LogP contribution in [0.2, 0.25) is 0 Å². The number of carbonyl (C=O) groups is 3. The molecule has 0 bridgehead atoms. The number of phenols is 1. The third-order valence-electron chi connectivity index (χ3n) is 5.02. The minimum atomic E-state index is -0.890. The number of ether oxygens (including phenoxy) is 1. The van der Waals surface area contributed by atoms with Crippen LogP contribution in [0.25, 0.3) is 6.08 Å². The number of non-ortho nitro benzene ring substituents is 1. The summed E-state index contributed by atoms with van der Waals surface area (Å²) < 4.78 is 6.30. The Morgan fingerprint density at radius 1 is 1.03 bits per heavy atom. The van der Waals surface area contributed by atoms with Crippen LogP contribution in [-0.4, -0.2) is 27.9 Å². The Labute approximate surface area is 206 Å². The molecule has 1 fully saturated rings. The first kappa shape index (κ1) is 23.6. The predicted molar refractivity (Wildman–Crippen MR) is 129 cm³/mol. The van der Waals surface area contributed by atoms with Crippen molar-refractivity contribution in [2.75, 3.05) is 4.90 Å². The summed E-state index contributed by atoms with van der Waals surface area (Å²) in [6.07, 6.45) is 1.35. The fourth-order valence-corrected chi connectivity index (χ4v) is 3.77. The maximum absolute atomic E-state index is 12.9. The van der Waals surface area contributed by atoms with Crippen LogP contribution in [0.15, 0.2) is 76.8 Å². The van der Waals surface area contributed by atoms with Gasteiger partial charge in [-0.25, -0.2) is 9.69 Å². The number of hydrogen-bond acceptors (Lipinski definition) is 7. The van der Waals surface area contributed by atoms with Crippen molar-refractivity contribution in [1.82, 2.24) is 5.32 Å². The average Bonchev–Trinajstić information content (AvgIpc) is 2.82. The van der Waals surface area contributed by atoms with Crippen LogP contribution >= 0.6 is 15.9 Å². The number of urea groups is 1. The van der Waals surface area contributed by atoms with Crippen LogP contribution in [0, 0.1) is 10.1 Å². The third-order valence-corrected chi connectivity index (χ3v) is 5.64. The van der Waals surface area contributed by atoms with E-state index in [-0.39, 0.29) is 29.3 Å². The van der Waals surface area contributed by atoms with Gasteiger partial charge in [0.15, 0.2) is 0 Å². The van der Waals surface area contributed by atoms with E-state index in [2.05, 4.69) is 21.2 Å². The monoisotopic (exact) mass is 537 g/mol. The average molecular weight is 538 g/mol. The summed E-state index contributed by atoms with van der Waals surface area (Å²) in [5.74, 6) is -1.19. The number of barbiturate groups is 1. The van der Waals surface area contributed by atoms with Crippen molar-refractivity contribution in [2.45, 2.75) is 6.61 Å². The maximum atomic E-state index is 12.9. The van der Waals surface area contributed by atoms with Crippen molar-refractivity contribution in [2.24, 2.45) is 0 Å². The zero-order chi connectivity index (χ0) is 25.1. The van der Waals surface area contributed by atoms with Crippen molar-refractivity contribution in [1.29, 1.82) is 0 Å². The summed E-state index contributed by atoms with van der Waals surface area (Å²) in [5, 5.41) is 22.3. The SMILES string of the molecule is O=C1NC(=O)N(c2ccc(O)cc2)C(=O)/C1=C/c1ccc(OCc2ccc([N+](=O)[O-])cc2)c(Br)c1. The molecule has 1 heterocycles. The van der Waals surface area contributed by atoms with Gasteiger partial charge < -0.3 is 9.84 Å². The molecule has 0 aromatic heterocycles. The molecule has 1 saturated heterocycles. The molecule has 3 aromatic rings. The highest BCUT2D eigenvalue weighted by atomic mass is 79.9. The number of halogens is 1. The van der Waals surface area contributed by atoms with E-state index >= 15 is 0 Å². The Morgan fingerprint density at radius 2 is 1.71 bits per heavy atom. The highest BCUT2D eigenvalue weighted by molar-refractivity contribution is 9.10. The number of phenolic OH excluding ortho intramolecular Hbond substituents is 1. The second-order valence-corrected chi connectivity index (χ2v) is 8.23. The molecule has 1 aliphatic heterocycles. The van der Waals surface area contributed by atoms with Gasteiger partial charge in [-0.3, -0.25) is 25.0 Å². The molecule has 10 nitrogen and oxygen atoms in total. The summed E-state index contributed by atoms with van der Waals surface area (Å²) in [7, 11) is 0. The van der Waals surface area contributed by atoms with Gasteiger partial charge in [0.1, 0.15) is 23.7 Å². The first-order valence-electron chi connectivity index (χ1n) is 10.1. The van der Waals surface area contributed by atoms with Crippen molar-refractivity contribution < 1.29 is 29.2 Å². The van der Waals surface area contributed by atoms with E-state index in [1.165, 1.54) is 42.5 Å². The number of hydrogen-bond donors (Lipinski definition) is 2. The summed E-state index contributed by atoms with van der Waals surface area (Å²) in [4.78, 5) is 48.7. The Kier molecular flexibility index (Phi) is 6.60. The lowest BCUT2D eigenvalue weighted by molar-refractivity contribution is -0.384. The molecule has 0 unspecified atom stereocenters. The highest BCUT2D eigenvalue weighted by Gasteiger charge is 2.36. The van der Waals surface area contributed by atoms with Gasteiger partial charge in [0, 0.05) is 12.1 Å². The van der Waals surface area contributed by atoms with Gasteiger partial charge in [-0.05, 0) is 81.7 Å². The Hall–Kier alpha value is -4.51. The molecule has 176 valence electrons. The van der Waals surface area contributed by atoms with Gasteiger partial charge in [0.2, 0.25) is 0 Å². The molecule has 4 amide bonds. The van der Waals surface area contributed by atoms with Crippen molar-refractivity contribution in [3.8, 4) is 11.5 Å². The number of nitrogens with one attached hydrogen (secondary N) is 1. The Bertz CT molecular complexity index is 1370. The van der Waals surface area contributed by atoms with Crippen LogP contribution in [-0.2, 0) is 16.2 Å². The normalized spacial score (nSPS) is 14.7. The number of nitro groups is 1. The number of amides is 4. The van der Waals surface area contributed by atoms with Crippen molar-refractivity contribution >= 4 is 51.2 Å². The molecule has 1 aliphatic rings. The lowest BCUT2D eigenvalue weighted by Crippen LogP contribution is -2.54. The number of imide groups is 2.